The lowest BCUT2D eigenvalue weighted by molar-refractivity contribution is -0.126. The van der Waals surface area contributed by atoms with E-state index in [-0.39, 0.29) is 24.9 Å². The van der Waals surface area contributed by atoms with Crippen molar-refractivity contribution in [1.82, 2.24) is 5.32 Å². The third kappa shape index (κ3) is 16.8. The van der Waals surface area contributed by atoms with Gasteiger partial charge in [-0.1, -0.05) is 6.58 Å². The second-order valence-electron chi connectivity index (χ2n) is 4.03. The van der Waals surface area contributed by atoms with Gasteiger partial charge in [-0.2, -0.15) is 0 Å². The van der Waals surface area contributed by atoms with E-state index in [1.165, 1.54) is 0 Å². The van der Waals surface area contributed by atoms with Crippen LogP contribution >= 0.6 is 0 Å². The smallest absolute Gasteiger partial charge is 0.246 e. The number of nitrogens with one attached hydrogen (secondary N) is 1. The van der Waals surface area contributed by atoms with Crippen LogP contribution in [0.4, 0.5) is 0 Å². The molecule has 0 radical (unpaired) electrons. The number of carbonyl (C=O) groups is 1. The van der Waals surface area contributed by atoms with Crippen LogP contribution in [0.2, 0.25) is 0 Å². The summed E-state index contributed by atoms with van der Waals surface area (Å²) >= 11 is 0. The SMILES string of the molecule is C=C(O)COCCOCCNC(=O)COCCOCCN. The monoisotopic (exact) mass is 306 g/mol. The Kier molecular flexibility index (Phi) is 14.3. The Labute approximate surface area is 125 Å². The predicted octanol–water partition coefficient (Wildman–Crippen LogP) is -0.801. The Morgan fingerprint density at radius 2 is 1.52 bits per heavy atom. The van der Waals surface area contributed by atoms with Gasteiger partial charge in [-0.25, -0.2) is 0 Å². The van der Waals surface area contributed by atoms with E-state index in [9.17, 15) is 4.79 Å². The fourth-order valence-corrected chi connectivity index (χ4v) is 1.19. The molecule has 0 unspecified atom stereocenters. The van der Waals surface area contributed by atoms with Crippen molar-refractivity contribution in [3.8, 4) is 0 Å². The van der Waals surface area contributed by atoms with Crippen LogP contribution in [0.1, 0.15) is 0 Å². The summed E-state index contributed by atoms with van der Waals surface area (Å²) in [5.41, 5.74) is 5.25. The van der Waals surface area contributed by atoms with Crippen LogP contribution in [0.3, 0.4) is 0 Å². The quantitative estimate of drug-likeness (QED) is 0.268. The molecule has 0 aliphatic heterocycles. The number of aliphatic hydroxyl groups is 1. The Balaban J connectivity index is 3.17. The molecule has 0 heterocycles. The number of hydrogen-bond donors (Lipinski definition) is 3. The number of rotatable bonds is 15. The first-order chi connectivity index (χ1) is 10.2. The van der Waals surface area contributed by atoms with Crippen molar-refractivity contribution in [1.29, 1.82) is 0 Å². The van der Waals surface area contributed by atoms with Gasteiger partial charge in [0.2, 0.25) is 5.91 Å². The topological polar surface area (TPSA) is 112 Å². The second-order valence-corrected chi connectivity index (χ2v) is 4.03. The molecule has 0 saturated carbocycles. The average molecular weight is 306 g/mol. The molecule has 4 N–H and O–H groups in total. The minimum absolute atomic E-state index is 0.00624. The summed E-state index contributed by atoms with van der Waals surface area (Å²) in [6, 6.07) is 0. The van der Waals surface area contributed by atoms with Gasteiger partial charge in [0.05, 0.1) is 39.6 Å². The molecule has 0 rings (SSSR count). The molecule has 8 nitrogen and oxygen atoms in total. The van der Waals surface area contributed by atoms with E-state index in [0.717, 1.165) is 0 Å². The first-order valence-corrected chi connectivity index (χ1v) is 6.81. The fraction of sp³-hybridized carbons (Fsp3) is 0.769. The lowest BCUT2D eigenvalue weighted by atomic mass is 10.5. The van der Waals surface area contributed by atoms with Crippen LogP contribution in [0.15, 0.2) is 12.3 Å². The van der Waals surface area contributed by atoms with Gasteiger partial charge in [-0.05, 0) is 0 Å². The van der Waals surface area contributed by atoms with Crippen LogP contribution in [0.5, 0.6) is 0 Å². The number of amides is 1. The van der Waals surface area contributed by atoms with Gasteiger partial charge in [0.15, 0.2) is 0 Å². The molecule has 0 aromatic carbocycles. The van der Waals surface area contributed by atoms with Crippen LogP contribution in [0, 0.1) is 0 Å². The van der Waals surface area contributed by atoms with E-state index in [4.69, 9.17) is 29.8 Å². The summed E-state index contributed by atoms with van der Waals surface area (Å²) in [4.78, 5) is 11.3. The van der Waals surface area contributed by atoms with E-state index >= 15 is 0 Å². The van der Waals surface area contributed by atoms with Gasteiger partial charge in [0.25, 0.3) is 0 Å². The second kappa shape index (κ2) is 15.2. The Bertz CT molecular complexity index is 275. The van der Waals surface area contributed by atoms with Crippen molar-refractivity contribution in [3.05, 3.63) is 12.3 Å². The highest BCUT2D eigenvalue weighted by molar-refractivity contribution is 5.77. The molecule has 0 aliphatic rings. The van der Waals surface area contributed by atoms with Crippen LogP contribution in [-0.2, 0) is 23.7 Å². The number of aliphatic hydroxyl groups excluding tert-OH is 1. The predicted molar refractivity (Wildman–Crippen MR) is 77.1 cm³/mol. The summed E-state index contributed by atoms with van der Waals surface area (Å²) < 4.78 is 20.4. The molecule has 124 valence electrons. The van der Waals surface area contributed by atoms with Crippen LogP contribution < -0.4 is 11.1 Å². The maximum atomic E-state index is 11.3. The summed E-state index contributed by atoms with van der Waals surface area (Å²) in [6.45, 7) is 6.66. The molecule has 0 atom stereocenters. The van der Waals surface area contributed by atoms with E-state index in [1.807, 2.05) is 0 Å². The van der Waals surface area contributed by atoms with E-state index in [0.29, 0.717) is 52.7 Å². The minimum atomic E-state index is -0.203. The zero-order chi connectivity index (χ0) is 15.8. The summed E-state index contributed by atoms with van der Waals surface area (Å²) in [7, 11) is 0. The molecule has 0 aromatic heterocycles. The number of ether oxygens (including phenoxy) is 4. The molecule has 0 spiro atoms. The molecule has 0 saturated heterocycles. The largest absolute Gasteiger partial charge is 0.510 e. The molecule has 1 amide bonds. The van der Waals surface area contributed by atoms with Crippen molar-refractivity contribution in [3.63, 3.8) is 0 Å². The third-order valence-electron chi connectivity index (χ3n) is 2.08. The standard InChI is InChI=1S/C13H26N2O6/c1-12(16)10-20-8-7-19-5-3-15-13(17)11-21-9-6-18-4-2-14/h16H,1-11,14H2,(H,15,17). The van der Waals surface area contributed by atoms with Gasteiger partial charge in [0, 0.05) is 13.1 Å². The van der Waals surface area contributed by atoms with Gasteiger partial charge in [-0.3, -0.25) is 4.79 Å². The van der Waals surface area contributed by atoms with Crippen molar-refractivity contribution in [2.45, 2.75) is 0 Å². The molecule has 8 heteroatoms. The van der Waals surface area contributed by atoms with Crippen molar-refractivity contribution in [2.75, 3.05) is 65.9 Å². The maximum absolute atomic E-state index is 11.3. The lowest BCUT2D eigenvalue weighted by Gasteiger charge is -2.08. The van der Waals surface area contributed by atoms with Crippen LogP contribution in [0.25, 0.3) is 0 Å². The Morgan fingerprint density at radius 3 is 2.14 bits per heavy atom. The summed E-state index contributed by atoms with van der Waals surface area (Å²) in [5, 5.41) is 11.4. The first kappa shape index (κ1) is 19.8. The first-order valence-electron chi connectivity index (χ1n) is 6.81. The zero-order valence-corrected chi connectivity index (χ0v) is 12.3. The van der Waals surface area contributed by atoms with Gasteiger partial charge < -0.3 is 35.1 Å². The lowest BCUT2D eigenvalue weighted by Crippen LogP contribution is -2.31. The van der Waals surface area contributed by atoms with Crippen molar-refractivity contribution < 1.29 is 28.8 Å². The number of carbonyl (C=O) groups excluding carboxylic acids is 1. The summed E-state index contributed by atoms with van der Waals surface area (Å²) in [5.74, 6) is -0.221. The van der Waals surface area contributed by atoms with Crippen molar-refractivity contribution >= 4 is 5.91 Å². The van der Waals surface area contributed by atoms with E-state index in [2.05, 4.69) is 11.9 Å². The average Bonchev–Trinajstić information content (AvgIpc) is 2.45. The highest BCUT2D eigenvalue weighted by Crippen LogP contribution is 1.85. The normalized spacial score (nSPS) is 10.5. The maximum Gasteiger partial charge on any atom is 0.246 e. The molecule has 0 aromatic rings. The molecule has 0 bridgehead atoms. The van der Waals surface area contributed by atoms with Gasteiger partial charge >= 0.3 is 0 Å². The zero-order valence-electron chi connectivity index (χ0n) is 12.3. The van der Waals surface area contributed by atoms with Crippen molar-refractivity contribution in [2.24, 2.45) is 5.73 Å². The third-order valence-corrected chi connectivity index (χ3v) is 2.08. The highest BCUT2D eigenvalue weighted by atomic mass is 16.5. The van der Waals surface area contributed by atoms with Gasteiger partial charge in [0.1, 0.15) is 19.0 Å². The Morgan fingerprint density at radius 1 is 0.952 bits per heavy atom. The molecular formula is C13H26N2O6. The van der Waals surface area contributed by atoms with E-state index < -0.39 is 0 Å². The molecule has 0 fully saturated rings. The summed E-state index contributed by atoms with van der Waals surface area (Å²) in [6.07, 6.45) is 0. The minimum Gasteiger partial charge on any atom is -0.510 e. The molecular weight excluding hydrogens is 280 g/mol. The number of hydrogen-bond acceptors (Lipinski definition) is 7. The highest BCUT2D eigenvalue weighted by Gasteiger charge is 2.00. The molecule has 0 aliphatic carbocycles. The van der Waals surface area contributed by atoms with Crippen LogP contribution in [-0.4, -0.2) is 77.0 Å². The number of nitrogens with two attached hydrogens (primary N) is 1. The Hall–Kier alpha value is -1.19. The van der Waals surface area contributed by atoms with Gasteiger partial charge in [-0.15, -0.1) is 0 Å². The fourth-order valence-electron chi connectivity index (χ4n) is 1.19. The van der Waals surface area contributed by atoms with E-state index in [1.54, 1.807) is 0 Å². The molecule has 21 heavy (non-hydrogen) atoms.